The standard InChI is InChI=1S/C26H30N4O5/c31-24(19-10-12-29(13-11-19)26(33)27-20-6-2-1-3-7-20)30-18-23(25(32)28-14-16-34-17-15-28)35-22-9-5-4-8-21(22)30/h1-9,19,23H,10-18H2,(H,27,33). The summed E-state index contributed by atoms with van der Waals surface area (Å²) in [5, 5.41) is 2.91. The van der Waals surface area contributed by atoms with Crippen LogP contribution in [-0.2, 0) is 14.3 Å². The van der Waals surface area contributed by atoms with Crippen LogP contribution in [0.15, 0.2) is 54.6 Å². The summed E-state index contributed by atoms with van der Waals surface area (Å²) in [5.74, 6) is 0.177. The molecule has 9 nitrogen and oxygen atoms in total. The highest BCUT2D eigenvalue weighted by Crippen LogP contribution is 2.35. The second-order valence-corrected chi connectivity index (χ2v) is 9.02. The zero-order chi connectivity index (χ0) is 24.2. The first kappa shape index (κ1) is 23.2. The number of amides is 4. The molecular formula is C26H30N4O5. The van der Waals surface area contributed by atoms with Crippen LogP contribution in [0, 0.1) is 5.92 Å². The first-order valence-corrected chi connectivity index (χ1v) is 12.1. The number of carbonyl (C=O) groups is 3. The van der Waals surface area contributed by atoms with Crippen molar-refractivity contribution in [2.24, 2.45) is 5.92 Å². The monoisotopic (exact) mass is 478 g/mol. The molecule has 2 saturated heterocycles. The van der Waals surface area contributed by atoms with Crippen molar-refractivity contribution in [3.63, 3.8) is 0 Å². The van der Waals surface area contributed by atoms with Gasteiger partial charge in [-0.25, -0.2) is 4.79 Å². The molecule has 1 unspecified atom stereocenters. The van der Waals surface area contributed by atoms with Gasteiger partial charge in [-0.1, -0.05) is 30.3 Å². The number of carbonyl (C=O) groups excluding carboxylic acids is 3. The third-order valence-corrected chi connectivity index (χ3v) is 6.79. The summed E-state index contributed by atoms with van der Waals surface area (Å²) in [7, 11) is 0. The fraction of sp³-hybridized carbons (Fsp3) is 0.423. The first-order chi connectivity index (χ1) is 17.1. The fourth-order valence-corrected chi connectivity index (χ4v) is 4.83. The number of ether oxygens (including phenoxy) is 2. The Morgan fingerprint density at radius 3 is 2.23 bits per heavy atom. The van der Waals surface area contributed by atoms with Gasteiger partial charge < -0.3 is 29.5 Å². The molecular weight excluding hydrogens is 448 g/mol. The zero-order valence-corrected chi connectivity index (χ0v) is 19.6. The van der Waals surface area contributed by atoms with Gasteiger partial charge in [-0.05, 0) is 37.1 Å². The van der Waals surface area contributed by atoms with Gasteiger partial charge in [0, 0.05) is 37.8 Å². The van der Waals surface area contributed by atoms with Crippen LogP contribution in [0.2, 0.25) is 0 Å². The molecule has 4 amide bonds. The average molecular weight is 479 g/mol. The maximum Gasteiger partial charge on any atom is 0.321 e. The van der Waals surface area contributed by atoms with Gasteiger partial charge in [-0.2, -0.15) is 0 Å². The van der Waals surface area contributed by atoms with Crippen molar-refractivity contribution in [3.05, 3.63) is 54.6 Å². The molecule has 0 saturated carbocycles. The van der Waals surface area contributed by atoms with Gasteiger partial charge in [0.2, 0.25) is 5.91 Å². The summed E-state index contributed by atoms with van der Waals surface area (Å²) in [4.78, 5) is 44.6. The summed E-state index contributed by atoms with van der Waals surface area (Å²) in [6, 6.07) is 16.5. The summed E-state index contributed by atoms with van der Waals surface area (Å²) in [5.41, 5.74) is 1.43. The Balaban J connectivity index is 1.24. The van der Waals surface area contributed by atoms with E-state index in [2.05, 4.69) is 5.32 Å². The summed E-state index contributed by atoms with van der Waals surface area (Å²) in [6.07, 6.45) is 0.398. The molecule has 35 heavy (non-hydrogen) atoms. The van der Waals surface area contributed by atoms with E-state index in [1.165, 1.54) is 0 Å². The van der Waals surface area contributed by atoms with Gasteiger partial charge in [0.25, 0.3) is 5.91 Å². The molecule has 3 aliphatic rings. The molecule has 0 aromatic heterocycles. The van der Waals surface area contributed by atoms with E-state index >= 15 is 0 Å². The number of likely N-dealkylation sites (tertiary alicyclic amines) is 1. The number of nitrogens with one attached hydrogen (secondary N) is 1. The smallest absolute Gasteiger partial charge is 0.321 e. The molecule has 1 N–H and O–H groups in total. The quantitative estimate of drug-likeness (QED) is 0.732. The number of rotatable bonds is 3. The van der Waals surface area contributed by atoms with E-state index in [1.54, 1.807) is 20.8 Å². The predicted molar refractivity (Wildman–Crippen MR) is 130 cm³/mol. The Morgan fingerprint density at radius 2 is 1.49 bits per heavy atom. The van der Waals surface area contributed by atoms with Crippen LogP contribution in [0.3, 0.4) is 0 Å². The van der Waals surface area contributed by atoms with Gasteiger partial charge in [0.05, 0.1) is 25.4 Å². The van der Waals surface area contributed by atoms with Crippen LogP contribution in [0.25, 0.3) is 0 Å². The highest BCUT2D eigenvalue weighted by molar-refractivity contribution is 5.99. The van der Waals surface area contributed by atoms with Crippen LogP contribution >= 0.6 is 0 Å². The van der Waals surface area contributed by atoms with Gasteiger partial charge in [-0.3, -0.25) is 9.59 Å². The molecule has 0 radical (unpaired) electrons. The molecule has 5 rings (SSSR count). The third kappa shape index (κ3) is 5.09. The normalized spacial score (nSPS) is 20.6. The summed E-state index contributed by atoms with van der Waals surface area (Å²) < 4.78 is 11.4. The van der Waals surface area contributed by atoms with Crippen molar-refractivity contribution in [1.82, 2.24) is 9.80 Å². The highest BCUT2D eigenvalue weighted by atomic mass is 16.5. The number of fused-ring (bicyclic) bond motifs is 1. The maximum absolute atomic E-state index is 13.6. The first-order valence-electron chi connectivity index (χ1n) is 12.1. The van der Waals surface area contributed by atoms with E-state index in [0.29, 0.717) is 63.7 Å². The Kier molecular flexibility index (Phi) is 6.85. The maximum atomic E-state index is 13.6. The average Bonchev–Trinajstić information content (AvgIpc) is 2.92. The number of urea groups is 1. The number of anilines is 2. The van der Waals surface area contributed by atoms with E-state index in [1.807, 2.05) is 48.5 Å². The predicted octanol–water partition coefficient (Wildman–Crippen LogP) is 2.58. The minimum atomic E-state index is -0.747. The lowest BCUT2D eigenvalue weighted by molar-refractivity contribution is -0.143. The van der Waals surface area contributed by atoms with E-state index < -0.39 is 6.10 Å². The zero-order valence-electron chi connectivity index (χ0n) is 19.6. The molecule has 0 bridgehead atoms. The van der Waals surface area contributed by atoms with Gasteiger partial charge in [-0.15, -0.1) is 0 Å². The molecule has 3 aliphatic heterocycles. The molecule has 184 valence electrons. The van der Waals surface area contributed by atoms with Gasteiger partial charge in [0.15, 0.2) is 6.10 Å². The van der Waals surface area contributed by atoms with Gasteiger partial charge >= 0.3 is 6.03 Å². The van der Waals surface area contributed by atoms with E-state index in [9.17, 15) is 14.4 Å². The van der Waals surface area contributed by atoms with Gasteiger partial charge in [0.1, 0.15) is 5.75 Å². The largest absolute Gasteiger partial charge is 0.476 e. The summed E-state index contributed by atoms with van der Waals surface area (Å²) in [6.45, 7) is 3.24. The Hall–Kier alpha value is -3.59. The number of nitrogens with zero attached hydrogens (tertiary/aromatic N) is 3. The Labute approximate surface area is 204 Å². The van der Waals surface area contributed by atoms with Crippen molar-refractivity contribution in [2.75, 3.05) is 56.2 Å². The second-order valence-electron chi connectivity index (χ2n) is 9.02. The lowest BCUT2D eigenvalue weighted by Crippen LogP contribution is -2.55. The third-order valence-electron chi connectivity index (χ3n) is 6.79. The Bertz CT molecular complexity index is 1060. The van der Waals surface area contributed by atoms with Crippen molar-refractivity contribution < 1.29 is 23.9 Å². The molecule has 2 fully saturated rings. The van der Waals surface area contributed by atoms with Crippen molar-refractivity contribution in [1.29, 1.82) is 0 Å². The lowest BCUT2D eigenvalue weighted by atomic mass is 9.94. The molecule has 2 aromatic carbocycles. The number of benzene rings is 2. The number of hydrogen-bond acceptors (Lipinski definition) is 5. The van der Waals surface area contributed by atoms with Crippen LogP contribution in [0.4, 0.5) is 16.2 Å². The van der Waals surface area contributed by atoms with Crippen LogP contribution in [-0.4, -0.2) is 79.7 Å². The number of morpholine rings is 1. The minimum Gasteiger partial charge on any atom is -0.476 e. The number of para-hydroxylation sites is 3. The van der Waals surface area contributed by atoms with Crippen LogP contribution in [0.5, 0.6) is 5.75 Å². The molecule has 3 heterocycles. The molecule has 9 heteroatoms. The lowest BCUT2D eigenvalue weighted by Gasteiger charge is -2.39. The number of piperidine rings is 1. The van der Waals surface area contributed by atoms with Crippen molar-refractivity contribution in [3.8, 4) is 5.75 Å². The highest BCUT2D eigenvalue weighted by Gasteiger charge is 2.39. The van der Waals surface area contributed by atoms with E-state index in [0.717, 1.165) is 5.69 Å². The Morgan fingerprint density at radius 1 is 0.800 bits per heavy atom. The molecule has 1 atom stereocenters. The number of hydrogen-bond donors (Lipinski definition) is 1. The minimum absolute atomic E-state index is 0.0244. The van der Waals surface area contributed by atoms with Crippen LogP contribution in [0.1, 0.15) is 12.8 Å². The van der Waals surface area contributed by atoms with Crippen molar-refractivity contribution in [2.45, 2.75) is 18.9 Å². The van der Waals surface area contributed by atoms with Crippen molar-refractivity contribution >= 4 is 29.2 Å². The van der Waals surface area contributed by atoms with Crippen LogP contribution < -0.4 is 15.0 Å². The topological polar surface area (TPSA) is 91.4 Å². The molecule has 0 spiro atoms. The van der Waals surface area contributed by atoms with E-state index in [-0.39, 0.29) is 30.3 Å². The summed E-state index contributed by atoms with van der Waals surface area (Å²) >= 11 is 0. The molecule has 0 aliphatic carbocycles. The fourth-order valence-electron chi connectivity index (χ4n) is 4.83. The SMILES string of the molecule is O=C(Nc1ccccc1)N1CCC(C(=O)N2CC(C(=O)N3CCOCC3)Oc3ccccc32)CC1. The molecule has 2 aromatic rings. The second kappa shape index (κ2) is 10.4. The van der Waals surface area contributed by atoms with E-state index in [4.69, 9.17) is 9.47 Å².